The zero-order valence-electron chi connectivity index (χ0n) is 17.9. The molecule has 0 radical (unpaired) electrons. The van der Waals surface area contributed by atoms with E-state index in [1.807, 2.05) is 4.90 Å². The molecule has 0 unspecified atom stereocenters. The quantitative estimate of drug-likeness (QED) is 0.632. The summed E-state index contributed by atoms with van der Waals surface area (Å²) >= 11 is 12.5. The number of nitrogens with zero attached hydrogens (tertiary/aromatic N) is 3. The van der Waals surface area contributed by atoms with Crippen LogP contribution in [0.2, 0.25) is 10.0 Å². The van der Waals surface area contributed by atoms with Gasteiger partial charge in [-0.2, -0.15) is 0 Å². The standard InChI is InChI=1S/C24H25Cl2N3O2/c1-4-29-23(30)21(18-9-8-17(25)14-19(18)26)22(24(29)31)28-12-10-27(11-13-28)20-7-5-6-15(2)16(20)3/h5-9,14H,4,10-13H2,1-3H3. The SMILES string of the molecule is CCN1C(=O)C(c2ccc(Cl)cc2Cl)=C(N2CCN(c3cccc(C)c3C)CC2)C1=O. The molecule has 0 spiro atoms. The molecular weight excluding hydrogens is 433 g/mol. The van der Waals surface area contributed by atoms with Crippen molar-refractivity contribution in [3.05, 3.63) is 68.8 Å². The third kappa shape index (κ3) is 3.81. The highest BCUT2D eigenvalue weighted by Crippen LogP contribution is 2.36. The fourth-order valence-electron chi connectivity index (χ4n) is 4.33. The highest BCUT2D eigenvalue weighted by molar-refractivity contribution is 6.41. The van der Waals surface area contributed by atoms with Crippen LogP contribution in [0.15, 0.2) is 42.1 Å². The van der Waals surface area contributed by atoms with Gasteiger partial charge in [-0.3, -0.25) is 14.5 Å². The van der Waals surface area contributed by atoms with Crippen molar-refractivity contribution in [2.75, 3.05) is 37.6 Å². The maximum atomic E-state index is 13.2. The molecule has 1 saturated heterocycles. The molecule has 2 aromatic rings. The molecule has 0 aromatic heterocycles. The highest BCUT2D eigenvalue weighted by Gasteiger charge is 2.42. The number of carbonyl (C=O) groups excluding carboxylic acids is 2. The van der Waals surface area contributed by atoms with Crippen LogP contribution in [-0.4, -0.2) is 54.3 Å². The van der Waals surface area contributed by atoms with Gasteiger partial charge in [-0.15, -0.1) is 0 Å². The summed E-state index contributed by atoms with van der Waals surface area (Å²) in [7, 11) is 0. The first kappa shape index (κ1) is 21.7. The molecule has 5 nitrogen and oxygen atoms in total. The number of amides is 2. The molecule has 0 N–H and O–H groups in total. The van der Waals surface area contributed by atoms with Gasteiger partial charge in [0.15, 0.2) is 0 Å². The van der Waals surface area contributed by atoms with E-state index >= 15 is 0 Å². The van der Waals surface area contributed by atoms with Gasteiger partial charge in [0.25, 0.3) is 11.8 Å². The Hall–Kier alpha value is -2.50. The van der Waals surface area contributed by atoms with Crippen LogP contribution in [0.25, 0.3) is 5.57 Å². The monoisotopic (exact) mass is 457 g/mol. The Kier molecular flexibility index (Phi) is 6.00. The number of hydrogen-bond acceptors (Lipinski definition) is 4. The lowest BCUT2D eigenvalue weighted by Gasteiger charge is -2.38. The third-order valence-electron chi connectivity index (χ3n) is 6.17. The average molecular weight is 458 g/mol. The van der Waals surface area contributed by atoms with E-state index in [-0.39, 0.29) is 11.8 Å². The fraction of sp³-hybridized carbons (Fsp3) is 0.333. The molecule has 2 heterocycles. The van der Waals surface area contributed by atoms with E-state index in [0.29, 0.717) is 46.5 Å². The van der Waals surface area contributed by atoms with Crippen LogP contribution in [0.3, 0.4) is 0 Å². The van der Waals surface area contributed by atoms with Crippen LogP contribution in [0.4, 0.5) is 5.69 Å². The summed E-state index contributed by atoms with van der Waals surface area (Å²) in [6.07, 6.45) is 0. The van der Waals surface area contributed by atoms with Crippen molar-refractivity contribution in [1.29, 1.82) is 0 Å². The predicted octanol–water partition coefficient (Wildman–Crippen LogP) is 4.53. The van der Waals surface area contributed by atoms with Crippen molar-refractivity contribution >= 4 is 46.3 Å². The Morgan fingerprint density at radius 3 is 2.23 bits per heavy atom. The first-order chi connectivity index (χ1) is 14.8. The lowest BCUT2D eigenvalue weighted by atomic mass is 10.0. The van der Waals surface area contributed by atoms with Gasteiger partial charge in [0.05, 0.1) is 10.6 Å². The average Bonchev–Trinajstić information content (AvgIpc) is 3.00. The van der Waals surface area contributed by atoms with E-state index in [2.05, 4.69) is 36.9 Å². The number of aryl methyl sites for hydroxylation is 1. The second-order valence-corrected chi connectivity index (χ2v) is 8.74. The zero-order chi connectivity index (χ0) is 22.3. The summed E-state index contributed by atoms with van der Waals surface area (Å²) < 4.78 is 0. The molecule has 31 heavy (non-hydrogen) atoms. The van der Waals surface area contributed by atoms with E-state index in [4.69, 9.17) is 23.2 Å². The molecule has 162 valence electrons. The Bertz CT molecular complexity index is 1090. The highest BCUT2D eigenvalue weighted by atomic mass is 35.5. The molecule has 2 aliphatic heterocycles. The molecule has 7 heteroatoms. The van der Waals surface area contributed by atoms with Gasteiger partial charge in [0.1, 0.15) is 5.70 Å². The number of carbonyl (C=O) groups is 2. The molecule has 0 atom stereocenters. The first-order valence-electron chi connectivity index (χ1n) is 10.5. The van der Waals surface area contributed by atoms with E-state index in [0.717, 1.165) is 13.1 Å². The number of likely N-dealkylation sites (N-methyl/N-ethyl adjacent to an activating group) is 1. The van der Waals surface area contributed by atoms with Crippen molar-refractivity contribution in [3.8, 4) is 0 Å². The van der Waals surface area contributed by atoms with Crippen molar-refractivity contribution in [2.24, 2.45) is 0 Å². The minimum absolute atomic E-state index is 0.256. The molecule has 0 aliphatic carbocycles. The first-order valence-corrected chi connectivity index (χ1v) is 11.2. The molecule has 1 fully saturated rings. The molecular formula is C24H25Cl2N3O2. The van der Waals surface area contributed by atoms with Crippen LogP contribution < -0.4 is 4.90 Å². The van der Waals surface area contributed by atoms with Gasteiger partial charge in [-0.25, -0.2) is 0 Å². The van der Waals surface area contributed by atoms with Gasteiger partial charge in [0.2, 0.25) is 0 Å². The van der Waals surface area contributed by atoms with Gasteiger partial charge in [-0.1, -0.05) is 41.4 Å². The van der Waals surface area contributed by atoms with Crippen molar-refractivity contribution in [1.82, 2.24) is 9.80 Å². The number of halogens is 2. The molecule has 2 aromatic carbocycles. The van der Waals surface area contributed by atoms with Crippen LogP contribution in [0, 0.1) is 13.8 Å². The Balaban J connectivity index is 1.67. The second-order valence-electron chi connectivity index (χ2n) is 7.90. The molecule has 0 bridgehead atoms. The Morgan fingerprint density at radius 2 is 1.58 bits per heavy atom. The smallest absolute Gasteiger partial charge is 0.277 e. The van der Waals surface area contributed by atoms with Crippen molar-refractivity contribution < 1.29 is 9.59 Å². The van der Waals surface area contributed by atoms with Gasteiger partial charge >= 0.3 is 0 Å². The summed E-state index contributed by atoms with van der Waals surface area (Å²) in [6, 6.07) is 11.3. The second kappa shape index (κ2) is 8.56. The summed E-state index contributed by atoms with van der Waals surface area (Å²) in [5.41, 5.74) is 5.11. The fourth-order valence-corrected chi connectivity index (χ4v) is 4.83. The summed E-state index contributed by atoms with van der Waals surface area (Å²) in [4.78, 5) is 32.0. The van der Waals surface area contributed by atoms with Gasteiger partial charge < -0.3 is 9.80 Å². The lowest BCUT2D eigenvalue weighted by molar-refractivity contribution is -0.137. The lowest BCUT2D eigenvalue weighted by Crippen LogP contribution is -2.47. The number of hydrogen-bond donors (Lipinski definition) is 0. The third-order valence-corrected chi connectivity index (χ3v) is 6.72. The van der Waals surface area contributed by atoms with E-state index in [1.54, 1.807) is 25.1 Å². The normalized spacial score (nSPS) is 17.3. The minimum atomic E-state index is -0.302. The van der Waals surface area contributed by atoms with Crippen LogP contribution in [-0.2, 0) is 9.59 Å². The summed E-state index contributed by atoms with van der Waals surface area (Å²) in [5.74, 6) is -0.558. The molecule has 2 aliphatic rings. The molecule has 0 saturated carbocycles. The van der Waals surface area contributed by atoms with Gasteiger partial charge in [-0.05, 0) is 50.1 Å². The van der Waals surface area contributed by atoms with Crippen LogP contribution in [0.1, 0.15) is 23.6 Å². The summed E-state index contributed by atoms with van der Waals surface area (Å²) in [5, 5.41) is 0.857. The Morgan fingerprint density at radius 1 is 0.903 bits per heavy atom. The van der Waals surface area contributed by atoms with Crippen molar-refractivity contribution in [2.45, 2.75) is 20.8 Å². The van der Waals surface area contributed by atoms with E-state index < -0.39 is 0 Å². The number of rotatable bonds is 4. The molecule has 2 amide bonds. The molecule has 4 rings (SSSR count). The number of anilines is 1. The largest absolute Gasteiger partial charge is 0.368 e. The van der Waals surface area contributed by atoms with E-state index in [9.17, 15) is 9.59 Å². The maximum absolute atomic E-state index is 13.2. The summed E-state index contributed by atoms with van der Waals surface area (Å²) in [6.45, 7) is 9.20. The predicted molar refractivity (Wildman–Crippen MR) is 125 cm³/mol. The minimum Gasteiger partial charge on any atom is -0.368 e. The van der Waals surface area contributed by atoms with Crippen LogP contribution >= 0.6 is 23.2 Å². The van der Waals surface area contributed by atoms with E-state index in [1.165, 1.54) is 21.7 Å². The Labute approximate surface area is 192 Å². The number of piperazine rings is 1. The topological polar surface area (TPSA) is 43.9 Å². The maximum Gasteiger partial charge on any atom is 0.277 e. The number of imide groups is 1. The zero-order valence-corrected chi connectivity index (χ0v) is 19.4. The van der Waals surface area contributed by atoms with Crippen molar-refractivity contribution in [3.63, 3.8) is 0 Å². The van der Waals surface area contributed by atoms with Gasteiger partial charge in [0, 0.05) is 49.0 Å². The number of benzene rings is 2. The van der Waals surface area contributed by atoms with Crippen LogP contribution in [0.5, 0.6) is 0 Å².